The number of nitrogens with zero attached hydrogens (tertiary/aromatic N) is 3. The van der Waals surface area contributed by atoms with Crippen molar-refractivity contribution in [2.75, 3.05) is 26.2 Å². The van der Waals surface area contributed by atoms with Crippen molar-refractivity contribution in [3.63, 3.8) is 0 Å². The van der Waals surface area contributed by atoms with Crippen molar-refractivity contribution in [2.45, 2.75) is 33.1 Å². The monoisotopic (exact) mass is 301 g/mol. The smallest absolute Gasteiger partial charge is 0.119 e. The Morgan fingerprint density at radius 3 is 2.41 bits per heavy atom. The molecular formula is C18H27N3O. The molecular weight excluding hydrogens is 274 g/mol. The SMILES string of the molecule is CC.c1cnn(-c2ccc(OCCN3CCCCC3)cc2)c1. The van der Waals surface area contributed by atoms with E-state index in [1.54, 1.807) is 6.20 Å². The third-order valence-corrected chi connectivity index (χ3v) is 3.73. The molecule has 2 heterocycles. The van der Waals surface area contributed by atoms with Gasteiger partial charge in [0, 0.05) is 18.9 Å². The van der Waals surface area contributed by atoms with E-state index in [1.807, 2.05) is 55.1 Å². The molecule has 0 atom stereocenters. The van der Waals surface area contributed by atoms with Crippen molar-refractivity contribution in [3.05, 3.63) is 42.7 Å². The Hall–Kier alpha value is -1.81. The minimum absolute atomic E-state index is 0.765. The second kappa shape index (κ2) is 9.26. The van der Waals surface area contributed by atoms with E-state index in [2.05, 4.69) is 10.00 Å². The van der Waals surface area contributed by atoms with Crippen LogP contribution in [0.1, 0.15) is 33.1 Å². The van der Waals surface area contributed by atoms with Crippen molar-refractivity contribution in [2.24, 2.45) is 0 Å². The molecule has 0 radical (unpaired) electrons. The zero-order valence-electron chi connectivity index (χ0n) is 13.7. The van der Waals surface area contributed by atoms with Gasteiger partial charge in [-0.1, -0.05) is 20.3 Å². The predicted molar refractivity (Wildman–Crippen MR) is 90.7 cm³/mol. The number of ether oxygens (including phenoxy) is 1. The summed E-state index contributed by atoms with van der Waals surface area (Å²) in [5.74, 6) is 0.929. The molecule has 1 aromatic heterocycles. The summed E-state index contributed by atoms with van der Waals surface area (Å²) in [4.78, 5) is 2.49. The highest BCUT2D eigenvalue weighted by Crippen LogP contribution is 2.15. The van der Waals surface area contributed by atoms with Gasteiger partial charge in [0.05, 0.1) is 5.69 Å². The van der Waals surface area contributed by atoms with Crippen molar-refractivity contribution < 1.29 is 4.74 Å². The molecule has 1 saturated heterocycles. The summed E-state index contributed by atoms with van der Waals surface area (Å²) in [5.41, 5.74) is 1.05. The fraction of sp³-hybridized carbons (Fsp3) is 0.500. The van der Waals surface area contributed by atoms with Crippen LogP contribution in [0.15, 0.2) is 42.7 Å². The molecule has 0 aliphatic carbocycles. The van der Waals surface area contributed by atoms with Gasteiger partial charge in [-0.25, -0.2) is 4.68 Å². The Morgan fingerprint density at radius 1 is 1.05 bits per heavy atom. The van der Waals surface area contributed by atoms with E-state index >= 15 is 0 Å². The summed E-state index contributed by atoms with van der Waals surface area (Å²) in [6.45, 7) is 8.24. The number of piperidine rings is 1. The van der Waals surface area contributed by atoms with Crippen molar-refractivity contribution >= 4 is 0 Å². The average molecular weight is 301 g/mol. The molecule has 0 N–H and O–H groups in total. The molecule has 4 nitrogen and oxygen atoms in total. The highest BCUT2D eigenvalue weighted by atomic mass is 16.5. The van der Waals surface area contributed by atoms with Crippen LogP contribution in [-0.4, -0.2) is 40.9 Å². The number of likely N-dealkylation sites (tertiary alicyclic amines) is 1. The Kier molecular flexibility index (Phi) is 6.97. The Balaban J connectivity index is 0.000000847. The van der Waals surface area contributed by atoms with E-state index in [0.717, 1.165) is 24.6 Å². The molecule has 4 heteroatoms. The van der Waals surface area contributed by atoms with Crippen LogP contribution in [0.2, 0.25) is 0 Å². The van der Waals surface area contributed by atoms with Crippen LogP contribution in [0.25, 0.3) is 5.69 Å². The van der Waals surface area contributed by atoms with Gasteiger partial charge in [-0.15, -0.1) is 0 Å². The second-order valence-corrected chi connectivity index (χ2v) is 5.20. The largest absolute Gasteiger partial charge is 0.492 e. The summed E-state index contributed by atoms with van der Waals surface area (Å²) in [6.07, 6.45) is 7.76. The van der Waals surface area contributed by atoms with E-state index in [4.69, 9.17) is 4.74 Å². The average Bonchev–Trinajstić information content (AvgIpc) is 3.13. The molecule has 0 unspecified atom stereocenters. The van der Waals surface area contributed by atoms with E-state index in [0.29, 0.717) is 0 Å². The van der Waals surface area contributed by atoms with Crippen molar-refractivity contribution in [1.29, 1.82) is 0 Å². The fourth-order valence-electron chi connectivity index (χ4n) is 2.59. The molecule has 0 bridgehead atoms. The molecule has 1 aliphatic heterocycles. The summed E-state index contributed by atoms with van der Waals surface area (Å²) in [7, 11) is 0. The van der Waals surface area contributed by atoms with Gasteiger partial charge in [-0.05, 0) is 56.3 Å². The number of rotatable bonds is 5. The number of hydrogen-bond acceptors (Lipinski definition) is 3. The van der Waals surface area contributed by atoms with Crippen LogP contribution < -0.4 is 4.74 Å². The molecule has 2 aromatic rings. The maximum atomic E-state index is 5.81. The quantitative estimate of drug-likeness (QED) is 0.842. The third-order valence-electron chi connectivity index (χ3n) is 3.73. The first-order valence-electron chi connectivity index (χ1n) is 8.37. The van der Waals surface area contributed by atoms with Gasteiger partial charge < -0.3 is 4.74 Å². The van der Waals surface area contributed by atoms with Crippen LogP contribution in [0, 0.1) is 0 Å². The van der Waals surface area contributed by atoms with Gasteiger partial charge in [-0.3, -0.25) is 4.90 Å². The Morgan fingerprint density at radius 2 is 1.77 bits per heavy atom. The molecule has 120 valence electrons. The minimum Gasteiger partial charge on any atom is -0.492 e. The molecule has 0 spiro atoms. The van der Waals surface area contributed by atoms with Crippen LogP contribution >= 0.6 is 0 Å². The van der Waals surface area contributed by atoms with Gasteiger partial charge in [0.2, 0.25) is 0 Å². The lowest BCUT2D eigenvalue weighted by atomic mass is 10.1. The van der Waals surface area contributed by atoms with E-state index in [1.165, 1.54) is 32.4 Å². The fourth-order valence-corrected chi connectivity index (χ4v) is 2.59. The van der Waals surface area contributed by atoms with Crippen LogP contribution in [-0.2, 0) is 0 Å². The third kappa shape index (κ3) is 4.88. The van der Waals surface area contributed by atoms with Gasteiger partial charge in [-0.2, -0.15) is 5.10 Å². The molecule has 0 amide bonds. The highest BCUT2D eigenvalue weighted by molar-refractivity contribution is 5.36. The summed E-state index contributed by atoms with van der Waals surface area (Å²) in [6, 6.07) is 10.00. The van der Waals surface area contributed by atoms with Gasteiger partial charge in [0.1, 0.15) is 12.4 Å². The van der Waals surface area contributed by atoms with Crippen LogP contribution in [0.4, 0.5) is 0 Å². The normalized spacial score (nSPS) is 15.0. The molecule has 0 saturated carbocycles. The molecule has 1 aliphatic rings. The van der Waals surface area contributed by atoms with Crippen molar-refractivity contribution in [3.8, 4) is 11.4 Å². The lowest BCUT2D eigenvalue weighted by molar-refractivity contribution is 0.183. The summed E-state index contributed by atoms with van der Waals surface area (Å²) in [5, 5.41) is 4.21. The first-order valence-corrected chi connectivity index (χ1v) is 8.37. The molecule has 22 heavy (non-hydrogen) atoms. The molecule has 1 fully saturated rings. The van der Waals surface area contributed by atoms with Gasteiger partial charge >= 0.3 is 0 Å². The summed E-state index contributed by atoms with van der Waals surface area (Å²) < 4.78 is 7.65. The zero-order valence-corrected chi connectivity index (χ0v) is 13.7. The van der Waals surface area contributed by atoms with E-state index in [-0.39, 0.29) is 0 Å². The van der Waals surface area contributed by atoms with Crippen LogP contribution in [0.3, 0.4) is 0 Å². The van der Waals surface area contributed by atoms with E-state index in [9.17, 15) is 0 Å². The Labute approximate surface area is 133 Å². The zero-order chi connectivity index (χ0) is 15.6. The lowest BCUT2D eigenvalue weighted by Gasteiger charge is -2.26. The minimum atomic E-state index is 0.765. The topological polar surface area (TPSA) is 30.3 Å². The van der Waals surface area contributed by atoms with Gasteiger partial charge in [0.25, 0.3) is 0 Å². The molecule has 1 aromatic carbocycles. The lowest BCUT2D eigenvalue weighted by Crippen LogP contribution is -2.33. The van der Waals surface area contributed by atoms with Crippen molar-refractivity contribution in [1.82, 2.24) is 14.7 Å². The van der Waals surface area contributed by atoms with Crippen LogP contribution in [0.5, 0.6) is 5.75 Å². The maximum absolute atomic E-state index is 5.81. The first-order chi connectivity index (χ1) is 10.9. The number of aromatic nitrogens is 2. The first kappa shape index (κ1) is 16.6. The van der Waals surface area contributed by atoms with Gasteiger partial charge in [0.15, 0.2) is 0 Å². The maximum Gasteiger partial charge on any atom is 0.119 e. The summed E-state index contributed by atoms with van der Waals surface area (Å²) >= 11 is 0. The number of benzene rings is 1. The highest BCUT2D eigenvalue weighted by Gasteiger charge is 2.09. The van der Waals surface area contributed by atoms with E-state index < -0.39 is 0 Å². The standard InChI is InChI=1S/C16H21N3O.C2H6/c1-2-10-18(11-3-1)13-14-20-16-7-5-15(6-8-16)19-12-4-9-17-19;1-2/h4-9,12H,1-3,10-11,13-14H2;1-2H3. The predicted octanol–water partition coefficient (Wildman–Crippen LogP) is 3.76. The second-order valence-electron chi connectivity index (χ2n) is 5.20. The Bertz CT molecular complexity index is 502. The molecule has 3 rings (SSSR count). The number of hydrogen-bond donors (Lipinski definition) is 0.